The molecule has 8 heteroatoms. The number of aliphatic carboxylic acids is 1. The van der Waals surface area contributed by atoms with E-state index in [0.717, 1.165) is 19.3 Å². The van der Waals surface area contributed by atoms with Crippen molar-refractivity contribution in [2.24, 2.45) is 5.41 Å². The van der Waals surface area contributed by atoms with Gasteiger partial charge in [0.2, 0.25) is 0 Å². The van der Waals surface area contributed by atoms with Gasteiger partial charge >= 0.3 is 11.7 Å². The summed E-state index contributed by atoms with van der Waals surface area (Å²) in [5, 5.41) is 23.0. The van der Waals surface area contributed by atoms with Gasteiger partial charge in [0, 0.05) is 24.2 Å². The molecule has 1 fully saturated rings. The third kappa shape index (κ3) is 3.64. The Bertz CT molecular complexity index is 652. The average Bonchev–Trinajstić information content (AvgIpc) is 2.59. The van der Waals surface area contributed by atoms with Gasteiger partial charge in [-0.1, -0.05) is 19.3 Å². The Kier molecular flexibility index (Phi) is 5.38. The molecule has 1 amide bonds. The van der Waals surface area contributed by atoms with Crippen molar-refractivity contribution in [3.8, 4) is 5.75 Å². The van der Waals surface area contributed by atoms with E-state index in [-0.39, 0.29) is 23.5 Å². The maximum absolute atomic E-state index is 12.3. The number of amides is 1. The standard InChI is InChI=1S/C16H20N2O6/c1-24-13-9-11(5-6-12(13)18(22)23)14(19)17-10-16(15(20)21)7-3-2-4-8-16/h5-6,9H,2-4,7-8,10H2,1H3,(H,17,19)(H,20,21). The molecule has 8 nitrogen and oxygen atoms in total. The number of nitro benzene ring substituents is 1. The van der Waals surface area contributed by atoms with Crippen LogP contribution in [0.2, 0.25) is 0 Å². The highest BCUT2D eigenvalue weighted by molar-refractivity contribution is 5.95. The van der Waals surface area contributed by atoms with Crippen molar-refractivity contribution >= 4 is 17.6 Å². The van der Waals surface area contributed by atoms with Gasteiger partial charge in [0.05, 0.1) is 17.4 Å². The van der Waals surface area contributed by atoms with Crippen molar-refractivity contribution in [2.75, 3.05) is 13.7 Å². The fourth-order valence-electron chi connectivity index (χ4n) is 3.02. The van der Waals surface area contributed by atoms with Crippen LogP contribution in [0.15, 0.2) is 18.2 Å². The van der Waals surface area contributed by atoms with Gasteiger partial charge in [0.25, 0.3) is 5.91 Å². The molecule has 1 aromatic carbocycles. The van der Waals surface area contributed by atoms with Crippen LogP contribution in [0.1, 0.15) is 42.5 Å². The highest BCUT2D eigenvalue weighted by atomic mass is 16.6. The zero-order valence-corrected chi connectivity index (χ0v) is 13.4. The largest absolute Gasteiger partial charge is 0.490 e. The second kappa shape index (κ2) is 7.29. The first-order chi connectivity index (χ1) is 11.4. The summed E-state index contributed by atoms with van der Waals surface area (Å²) in [5.41, 5.74) is -0.976. The molecule has 0 spiro atoms. The van der Waals surface area contributed by atoms with E-state index in [2.05, 4.69) is 5.32 Å². The van der Waals surface area contributed by atoms with Crippen LogP contribution in [-0.2, 0) is 4.79 Å². The molecule has 2 rings (SSSR count). The fourth-order valence-corrected chi connectivity index (χ4v) is 3.02. The van der Waals surface area contributed by atoms with Crippen LogP contribution in [0.5, 0.6) is 5.75 Å². The van der Waals surface area contributed by atoms with Crippen molar-refractivity contribution in [1.29, 1.82) is 0 Å². The molecule has 0 bridgehead atoms. The molecule has 130 valence electrons. The second-order valence-corrected chi connectivity index (χ2v) is 5.97. The molecule has 1 saturated carbocycles. The van der Waals surface area contributed by atoms with Crippen molar-refractivity contribution < 1.29 is 24.4 Å². The Morgan fingerprint density at radius 1 is 1.33 bits per heavy atom. The van der Waals surface area contributed by atoms with Crippen molar-refractivity contribution in [3.63, 3.8) is 0 Å². The molecular formula is C16H20N2O6. The van der Waals surface area contributed by atoms with Gasteiger partial charge in [-0.05, 0) is 18.9 Å². The number of hydrogen-bond donors (Lipinski definition) is 2. The van der Waals surface area contributed by atoms with Gasteiger partial charge in [-0.15, -0.1) is 0 Å². The Labute approximate surface area is 139 Å². The van der Waals surface area contributed by atoms with Crippen LogP contribution < -0.4 is 10.1 Å². The minimum absolute atomic E-state index is 0.0155. The number of methoxy groups -OCH3 is 1. The third-order valence-electron chi connectivity index (χ3n) is 4.49. The van der Waals surface area contributed by atoms with E-state index in [4.69, 9.17) is 4.74 Å². The van der Waals surface area contributed by atoms with E-state index in [9.17, 15) is 24.8 Å². The minimum Gasteiger partial charge on any atom is -0.490 e. The summed E-state index contributed by atoms with van der Waals surface area (Å²) in [5.74, 6) is -1.39. The summed E-state index contributed by atoms with van der Waals surface area (Å²) in [4.78, 5) is 34.1. The summed E-state index contributed by atoms with van der Waals surface area (Å²) < 4.78 is 4.93. The van der Waals surface area contributed by atoms with Gasteiger partial charge in [0.15, 0.2) is 5.75 Å². The maximum Gasteiger partial charge on any atom is 0.311 e. The quantitative estimate of drug-likeness (QED) is 0.608. The van der Waals surface area contributed by atoms with E-state index in [1.807, 2.05) is 0 Å². The molecule has 2 N–H and O–H groups in total. The van der Waals surface area contributed by atoms with Gasteiger partial charge in [-0.3, -0.25) is 19.7 Å². The number of hydrogen-bond acceptors (Lipinski definition) is 5. The first kappa shape index (κ1) is 17.7. The number of nitro groups is 1. The minimum atomic E-state index is -0.932. The molecule has 1 aliphatic carbocycles. The number of nitrogens with zero attached hydrogens (tertiary/aromatic N) is 1. The van der Waals surface area contributed by atoms with Crippen molar-refractivity contribution in [2.45, 2.75) is 32.1 Å². The summed E-state index contributed by atoms with van der Waals surface area (Å²) in [6.45, 7) is 0.0421. The molecule has 1 aromatic rings. The molecule has 0 aliphatic heterocycles. The molecule has 24 heavy (non-hydrogen) atoms. The number of nitrogens with one attached hydrogen (secondary N) is 1. The maximum atomic E-state index is 12.3. The normalized spacial score (nSPS) is 16.2. The van der Waals surface area contributed by atoms with Crippen LogP contribution in [0.4, 0.5) is 5.69 Å². The lowest BCUT2D eigenvalue weighted by molar-refractivity contribution is -0.385. The van der Waals surface area contributed by atoms with E-state index < -0.39 is 22.2 Å². The average molecular weight is 336 g/mol. The highest BCUT2D eigenvalue weighted by Gasteiger charge is 2.39. The monoisotopic (exact) mass is 336 g/mol. The van der Waals surface area contributed by atoms with Gasteiger partial charge < -0.3 is 15.2 Å². The number of carboxylic acid groups (broad SMARTS) is 1. The van der Waals surface area contributed by atoms with Gasteiger partial charge in [-0.2, -0.15) is 0 Å². The first-order valence-corrected chi connectivity index (χ1v) is 7.74. The predicted octanol–water partition coefficient (Wildman–Crippen LogP) is 2.37. The highest BCUT2D eigenvalue weighted by Crippen LogP contribution is 2.36. The number of carboxylic acids is 1. The number of benzene rings is 1. The van der Waals surface area contributed by atoms with E-state index in [1.165, 1.54) is 25.3 Å². The predicted molar refractivity (Wildman–Crippen MR) is 85.1 cm³/mol. The number of carbonyl (C=O) groups excluding carboxylic acids is 1. The second-order valence-electron chi connectivity index (χ2n) is 5.97. The lowest BCUT2D eigenvalue weighted by Crippen LogP contribution is -2.44. The number of carbonyl (C=O) groups is 2. The van der Waals surface area contributed by atoms with Crippen LogP contribution >= 0.6 is 0 Å². The third-order valence-corrected chi connectivity index (χ3v) is 4.49. The number of rotatable bonds is 6. The topological polar surface area (TPSA) is 119 Å². The molecule has 1 aliphatic rings. The summed E-state index contributed by atoms with van der Waals surface area (Å²) >= 11 is 0. The van der Waals surface area contributed by atoms with E-state index in [1.54, 1.807) is 0 Å². The fraction of sp³-hybridized carbons (Fsp3) is 0.500. The zero-order chi connectivity index (χ0) is 17.7. The Morgan fingerprint density at radius 2 is 2.00 bits per heavy atom. The summed E-state index contributed by atoms with van der Waals surface area (Å²) in [6.07, 6.45) is 3.72. The smallest absolute Gasteiger partial charge is 0.311 e. The Balaban J connectivity index is 2.12. The van der Waals surface area contributed by atoms with Gasteiger partial charge in [0.1, 0.15) is 0 Å². The molecular weight excluding hydrogens is 316 g/mol. The van der Waals surface area contributed by atoms with E-state index >= 15 is 0 Å². The van der Waals surface area contributed by atoms with Crippen LogP contribution in [0.25, 0.3) is 0 Å². The molecule has 0 heterocycles. The summed E-state index contributed by atoms with van der Waals surface area (Å²) in [7, 11) is 1.28. The molecule has 0 unspecified atom stereocenters. The molecule has 0 aromatic heterocycles. The van der Waals surface area contributed by atoms with Crippen LogP contribution in [0, 0.1) is 15.5 Å². The van der Waals surface area contributed by atoms with Crippen LogP contribution in [0.3, 0.4) is 0 Å². The first-order valence-electron chi connectivity index (χ1n) is 7.74. The lowest BCUT2D eigenvalue weighted by Gasteiger charge is -2.33. The summed E-state index contributed by atoms with van der Waals surface area (Å²) in [6, 6.07) is 3.80. The lowest BCUT2D eigenvalue weighted by atomic mass is 9.74. The van der Waals surface area contributed by atoms with E-state index in [0.29, 0.717) is 12.8 Å². The molecule has 0 saturated heterocycles. The molecule has 0 radical (unpaired) electrons. The van der Waals surface area contributed by atoms with Crippen molar-refractivity contribution in [1.82, 2.24) is 5.32 Å². The molecule has 0 atom stereocenters. The van der Waals surface area contributed by atoms with Crippen molar-refractivity contribution in [3.05, 3.63) is 33.9 Å². The Morgan fingerprint density at radius 3 is 2.54 bits per heavy atom. The van der Waals surface area contributed by atoms with Crippen LogP contribution in [-0.4, -0.2) is 35.6 Å². The SMILES string of the molecule is COc1cc(C(=O)NCC2(C(=O)O)CCCCC2)ccc1[N+](=O)[O-]. The zero-order valence-electron chi connectivity index (χ0n) is 13.4. The van der Waals surface area contributed by atoms with Gasteiger partial charge in [-0.25, -0.2) is 0 Å². The Hall–Kier alpha value is -2.64. The number of ether oxygens (including phenoxy) is 1.